The van der Waals surface area contributed by atoms with Crippen molar-refractivity contribution in [3.63, 3.8) is 0 Å². The number of carbonyl (C=O) groups is 2. The molecule has 0 aromatic carbocycles. The lowest BCUT2D eigenvalue weighted by molar-refractivity contribution is -0.142. The number of carbonyl (C=O) groups excluding carboxylic acids is 2. The van der Waals surface area contributed by atoms with E-state index >= 15 is 0 Å². The first-order valence-corrected chi connectivity index (χ1v) is 6.71. The summed E-state index contributed by atoms with van der Waals surface area (Å²) < 4.78 is 4.56. The maximum absolute atomic E-state index is 11.9. The zero-order chi connectivity index (χ0) is 14.5. The summed E-state index contributed by atoms with van der Waals surface area (Å²) in [6.07, 6.45) is 3.90. The predicted molar refractivity (Wildman–Crippen MR) is 74.6 cm³/mol. The summed E-state index contributed by atoms with van der Waals surface area (Å²) in [5, 5.41) is 2.57. The molecule has 1 aliphatic rings. The summed E-state index contributed by atoms with van der Waals surface area (Å²) in [6, 6.07) is 2.88. The number of ether oxygens (including phenoxy) is 1. The van der Waals surface area contributed by atoms with E-state index in [4.69, 9.17) is 0 Å². The Kier molecular flexibility index (Phi) is 4.55. The van der Waals surface area contributed by atoms with Gasteiger partial charge in [0.25, 0.3) is 5.91 Å². The quantitative estimate of drug-likeness (QED) is 0.830. The van der Waals surface area contributed by atoms with Gasteiger partial charge in [-0.3, -0.25) is 4.79 Å². The van der Waals surface area contributed by atoms with Gasteiger partial charge in [-0.1, -0.05) is 0 Å². The molecule has 0 bridgehead atoms. The van der Waals surface area contributed by atoms with Gasteiger partial charge >= 0.3 is 5.97 Å². The van der Waals surface area contributed by atoms with Crippen LogP contribution in [0.1, 0.15) is 30.1 Å². The normalized spacial score (nSPS) is 15.8. The number of anilines is 1. The summed E-state index contributed by atoms with van der Waals surface area (Å²) in [5.41, 5.74) is 0.434. The Bertz CT molecular complexity index is 481. The van der Waals surface area contributed by atoms with Crippen molar-refractivity contribution in [3.8, 4) is 0 Å². The van der Waals surface area contributed by atoms with Crippen molar-refractivity contribution in [2.45, 2.75) is 25.8 Å². The van der Waals surface area contributed by atoms with Crippen molar-refractivity contribution < 1.29 is 14.3 Å². The van der Waals surface area contributed by atoms with Crippen molar-refractivity contribution in [1.29, 1.82) is 0 Å². The number of hydrogen-bond donors (Lipinski definition) is 1. The van der Waals surface area contributed by atoms with Crippen LogP contribution in [0.25, 0.3) is 0 Å². The molecule has 2 rings (SSSR count). The molecule has 6 nitrogen and oxygen atoms in total. The van der Waals surface area contributed by atoms with Gasteiger partial charge in [-0.15, -0.1) is 0 Å². The fourth-order valence-electron chi connectivity index (χ4n) is 2.17. The first-order chi connectivity index (χ1) is 9.61. The molecule has 0 saturated carbocycles. The van der Waals surface area contributed by atoms with E-state index < -0.39 is 12.0 Å². The fraction of sp³-hybridized carbons (Fsp3) is 0.500. The van der Waals surface area contributed by atoms with Crippen LogP contribution in [-0.4, -0.2) is 43.1 Å². The van der Waals surface area contributed by atoms with E-state index in [1.807, 2.05) is 6.07 Å². The highest BCUT2D eigenvalue weighted by Crippen LogP contribution is 2.17. The van der Waals surface area contributed by atoms with Gasteiger partial charge < -0.3 is 15.0 Å². The second kappa shape index (κ2) is 6.36. The Hall–Kier alpha value is -2.11. The largest absolute Gasteiger partial charge is 0.467 e. The maximum atomic E-state index is 11.9. The van der Waals surface area contributed by atoms with Crippen LogP contribution in [-0.2, 0) is 9.53 Å². The van der Waals surface area contributed by atoms with E-state index in [0.29, 0.717) is 5.56 Å². The maximum Gasteiger partial charge on any atom is 0.328 e. The smallest absolute Gasteiger partial charge is 0.328 e. The number of rotatable bonds is 4. The second-order valence-corrected chi connectivity index (χ2v) is 4.82. The topological polar surface area (TPSA) is 71.5 Å². The molecule has 1 aromatic rings. The third-order valence-corrected chi connectivity index (χ3v) is 3.34. The number of nitrogens with one attached hydrogen (secondary N) is 1. The molecule has 20 heavy (non-hydrogen) atoms. The van der Waals surface area contributed by atoms with E-state index in [1.165, 1.54) is 26.1 Å². The highest BCUT2D eigenvalue weighted by atomic mass is 16.5. The lowest BCUT2D eigenvalue weighted by Crippen LogP contribution is -2.39. The molecule has 2 heterocycles. The first kappa shape index (κ1) is 14.3. The van der Waals surface area contributed by atoms with Crippen molar-refractivity contribution >= 4 is 17.7 Å². The third kappa shape index (κ3) is 3.26. The molecule has 1 aliphatic heterocycles. The molecular formula is C14H19N3O3. The molecular weight excluding hydrogens is 258 g/mol. The van der Waals surface area contributed by atoms with Crippen LogP contribution < -0.4 is 10.2 Å². The molecule has 1 N–H and O–H groups in total. The minimum Gasteiger partial charge on any atom is -0.467 e. The monoisotopic (exact) mass is 277 g/mol. The Balaban J connectivity index is 1.98. The molecule has 0 unspecified atom stereocenters. The summed E-state index contributed by atoms with van der Waals surface area (Å²) in [7, 11) is 1.29. The average molecular weight is 277 g/mol. The molecule has 1 amide bonds. The van der Waals surface area contributed by atoms with E-state index in [-0.39, 0.29) is 5.91 Å². The highest BCUT2D eigenvalue weighted by molar-refractivity contribution is 5.96. The van der Waals surface area contributed by atoms with Gasteiger partial charge in [-0.25, -0.2) is 9.78 Å². The number of hydrogen-bond acceptors (Lipinski definition) is 5. The van der Waals surface area contributed by atoms with Gasteiger partial charge in [-0.05, 0) is 31.9 Å². The molecule has 1 aromatic heterocycles. The number of pyridine rings is 1. The molecule has 0 radical (unpaired) electrons. The zero-order valence-electron chi connectivity index (χ0n) is 11.8. The van der Waals surface area contributed by atoms with Crippen LogP contribution in [0, 0.1) is 0 Å². The van der Waals surface area contributed by atoms with Gasteiger partial charge in [0.05, 0.1) is 12.7 Å². The standard InChI is InChI=1S/C14H19N3O3/c1-10(14(19)20-2)16-13(18)11-5-6-12(15-9-11)17-7-3-4-8-17/h5-6,9-10H,3-4,7-8H2,1-2H3,(H,16,18)/t10-/m1/s1. The van der Waals surface area contributed by atoms with Crippen molar-refractivity contribution in [2.24, 2.45) is 0 Å². The lowest BCUT2D eigenvalue weighted by atomic mass is 10.2. The Morgan fingerprint density at radius 1 is 1.35 bits per heavy atom. The highest BCUT2D eigenvalue weighted by Gasteiger charge is 2.18. The van der Waals surface area contributed by atoms with Crippen LogP contribution >= 0.6 is 0 Å². The number of amides is 1. The number of aromatic nitrogens is 1. The van der Waals surface area contributed by atoms with Crippen LogP contribution in [0.4, 0.5) is 5.82 Å². The van der Waals surface area contributed by atoms with Crippen LogP contribution in [0.2, 0.25) is 0 Å². The summed E-state index contributed by atoms with van der Waals surface area (Å²) in [6.45, 7) is 3.60. The van der Waals surface area contributed by atoms with Crippen molar-refractivity contribution in [3.05, 3.63) is 23.9 Å². The second-order valence-electron chi connectivity index (χ2n) is 4.82. The summed E-state index contributed by atoms with van der Waals surface area (Å²) in [4.78, 5) is 29.7. The van der Waals surface area contributed by atoms with Gasteiger partial charge in [-0.2, -0.15) is 0 Å². The molecule has 0 aliphatic carbocycles. The lowest BCUT2D eigenvalue weighted by Gasteiger charge is -2.16. The molecule has 1 fully saturated rings. The third-order valence-electron chi connectivity index (χ3n) is 3.34. The van der Waals surface area contributed by atoms with Crippen molar-refractivity contribution in [1.82, 2.24) is 10.3 Å². The minimum atomic E-state index is -0.675. The van der Waals surface area contributed by atoms with E-state index in [1.54, 1.807) is 13.0 Å². The van der Waals surface area contributed by atoms with E-state index in [0.717, 1.165) is 18.9 Å². The summed E-state index contributed by atoms with van der Waals surface area (Å²) >= 11 is 0. The Labute approximate surface area is 118 Å². The van der Waals surface area contributed by atoms with Gasteiger partial charge in [0.1, 0.15) is 11.9 Å². The van der Waals surface area contributed by atoms with Crippen LogP contribution in [0.3, 0.4) is 0 Å². The van der Waals surface area contributed by atoms with Crippen molar-refractivity contribution in [2.75, 3.05) is 25.1 Å². The summed E-state index contributed by atoms with van der Waals surface area (Å²) in [5.74, 6) is 0.0865. The zero-order valence-corrected chi connectivity index (χ0v) is 11.8. The molecule has 0 spiro atoms. The van der Waals surface area contributed by atoms with Crippen LogP contribution in [0.15, 0.2) is 18.3 Å². The molecule has 6 heteroatoms. The minimum absolute atomic E-state index is 0.330. The SMILES string of the molecule is COC(=O)[C@@H](C)NC(=O)c1ccc(N2CCCC2)nc1. The number of methoxy groups -OCH3 is 1. The molecule has 108 valence electrons. The van der Waals surface area contributed by atoms with E-state index in [9.17, 15) is 9.59 Å². The van der Waals surface area contributed by atoms with Gasteiger partial charge in [0.2, 0.25) is 0 Å². The number of esters is 1. The fourth-order valence-corrected chi connectivity index (χ4v) is 2.17. The Morgan fingerprint density at radius 2 is 2.05 bits per heavy atom. The van der Waals surface area contributed by atoms with Gasteiger partial charge in [0, 0.05) is 19.3 Å². The average Bonchev–Trinajstić information content (AvgIpc) is 3.00. The number of nitrogens with zero attached hydrogens (tertiary/aromatic N) is 2. The predicted octanol–water partition coefficient (Wildman–Crippen LogP) is 0.973. The van der Waals surface area contributed by atoms with E-state index in [2.05, 4.69) is 19.9 Å². The Morgan fingerprint density at radius 3 is 2.60 bits per heavy atom. The van der Waals surface area contributed by atoms with Crippen LogP contribution in [0.5, 0.6) is 0 Å². The van der Waals surface area contributed by atoms with Gasteiger partial charge in [0.15, 0.2) is 0 Å². The molecule has 1 atom stereocenters. The molecule has 1 saturated heterocycles. The first-order valence-electron chi connectivity index (χ1n) is 6.71.